The zero-order chi connectivity index (χ0) is 10.4. The third kappa shape index (κ3) is 172. The van der Waals surface area contributed by atoms with E-state index in [1.165, 1.54) is 0 Å². The Kier molecular flexibility index (Phi) is 32.0. The van der Waals surface area contributed by atoms with Gasteiger partial charge in [0, 0.05) is 0 Å². The first-order valence-corrected chi connectivity index (χ1v) is 3.66. The van der Waals surface area contributed by atoms with Crippen molar-refractivity contribution in [3.8, 4) is 0 Å². The lowest BCUT2D eigenvalue weighted by molar-refractivity contribution is 0.163. The van der Waals surface area contributed by atoms with Crippen molar-refractivity contribution in [2.24, 2.45) is 5.73 Å². The second kappa shape index (κ2) is 22.6. The van der Waals surface area contributed by atoms with Gasteiger partial charge in [-0.2, -0.15) is 0 Å². The van der Waals surface area contributed by atoms with E-state index in [0.29, 0.717) is 6.61 Å². The van der Waals surface area contributed by atoms with Gasteiger partial charge < -0.3 is 10.5 Å². The number of hydrogen-bond acceptors (Lipinski definition) is 2. The first-order chi connectivity index (χ1) is 5.60. The molecule has 0 saturated carbocycles. The average Bonchev–Trinajstić information content (AvgIpc) is 1.89. The molecule has 1 amide bonds. The van der Waals surface area contributed by atoms with Gasteiger partial charge in [-0.3, -0.25) is 0 Å². The molecule has 0 heterocycles. The molecule has 0 radical (unpaired) electrons. The summed E-state index contributed by atoms with van der Waals surface area (Å²) in [5.41, 5.74) is 4.54. The number of carbonyl (C=O) groups excluding carboxylic acids is 1. The molecular formula is C9H19NO2. The third-order valence-electron chi connectivity index (χ3n) is 0.287. The van der Waals surface area contributed by atoms with Crippen molar-refractivity contribution in [2.45, 2.75) is 20.8 Å². The average molecular weight is 173 g/mol. The Morgan fingerprint density at radius 2 is 1.67 bits per heavy atom. The molecule has 0 fully saturated rings. The van der Waals surface area contributed by atoms with Crippen LogP contribution in [0.1, 0.15) is 20.8 Å². The molecule has 0 aromatic heterocycles. The first-order valence-electron chi connectivity index (χ1n) is 3.66. The second-order valence-electron chi connectivity index (χ2n) is 1.57. The summed E-state index contributed by atoms with van der Waals surface area (Å²) in [7, 11) is 0. The zero-order valence-electron chi connectivity index (χ0n) is 8.17. The normalized spacial score (nSPS) is 5.92. The fourth-order valence-corrected chi connectivity index (χ4v) is 0.142. The van der Waals surface area contributed by atoms with Crippen molar-refractivity contribution >= 4 is 6.09 Å². The quantitative estimate of drug-likeness (QED) is 0.619. The Morgan fingerprint density at radius 1 is 1.42 bits per heavy atom. The van der Waals surface area contributed by atoms with Crippen LogP contribution < -0.4 is 5.73 Å². The molecule has 0 spiro atoms. The van der Waals surface area contributed by atoms with Gasteiger partial charge in [0.05, 0.1) is 6.61 Å². The molecule has 0 unspecified atom stereocenters. The van der Waals surface area contributed by atoms with Gasteiger partial charge >= 0.3 is 6.09 Å². The standard InChI is InChI=1S/C3H7NO2.2C3H6/c1-2-6-3(4)5;2*1-3-2/h2H2,1H3,(H2,4,5);2*3H,1H2,2H3. The van der Waals surface area contributed by atoms with Crippen molar-refractivity contribution in [2.75, 3.05) is 6.61 Å². The highest BCUT2D eigenvalue weighted by atomic mass is 16.5. The van der Waals surface area contributed by atoms with Crippen LogP contribution in [-0.4, -0.2) is 12.7 Å². The molecule has 0 atom stereocenters. The molecule has 0 aliphatic heterocycles. The smallest absolute Gasteiger partial charge is 0.404 e. The number of carbonyl (C=O) groups is 1. The molecule has 0 rings (SSSR count). The van der Waals surface area contributed by atoms with Crippen molar-refractivity contribution in [3.63, 3.8) is 0 Å². The minimum atomic E-state index is -0.711. The summed E-state index contributed by atoms with van der Waals surface area (Å²) in [6, 6.07) is 0. The lowest BCUT2D eigenvalue weighted by Crippen LogP contribution is -2.11. The van der Waals surface area contributed by atoms with Gasteiger partial charge in [-0.1, -0.05) is 12.2 Å². The maximum atomic E-state index is 9.60. The summed E-state index contributed by atoms with van der Waals surface area (Å²) < 4.78 is 4.18. The monoisotopic (exact) mass is 173 g/mol. The molecule has 0 aromatic carbocycles. The van der Waals surface area contributed by atoms with E-state index < -0.39 is 6.09 Å². The van der Waals surface area contributed by atoms with Gasteiger partial charge in [0.15, 0.2) is 0 Å². The third-order valence-corrected chi connectivity index (χ3v) is 0.287. The molecule has 12 heavy (non-hydrogen) atoms. The maximum Gasteiger partial charge on any atom is 0.404 e. The molecule has 0 saturated heterocycles. The summed E-state index contributed by atoms with van der Waals surface area (Å²) in [5, 5.41) is 0. The Balaban J connectivity index is -0.000000115. The number of allylic oxidation sites excluding steroid dienone is 2. The van der Waals surface area contributed by atoms with Crippen LogP contribution in [0.2, 0.25) is 0 Å². The van der Waals surface area contributed by atoms with Crippen molar-refractivity contribution in [1.82, 2.24) is 0 Å². The van der Waals surface area contributed by atoms with Crippen LogP contribution in [0.3, 0.4) is 0 Å². The predicted molar refractivity (Wildman–Crippen MR) is 53.0 cm³/mol. The Morgan fingerprint density at radius 3 is 1.67 bits per heavy atom. The Hall–Kier alpha value is -1.25. The molecule has 72 valence electrons. The van der Waals surface area contributed by atoms with E-state index in [2.05, 4.69) is 23.6 Å². The Labute approximate surface area is 74.9 Å². The van der Waals surface area contributed by atoms with Crippen molar-refractivity contribution in [3.05, 3.63) is 25.3 Å². The van der Waals surface area contributed by atoms with Gasteiger partial charge in [-0.25, -0.2) is 4.79 Å². The van der Waals surface area contributed by atoms with E-state index in [0.717, 1.165) is 0 Å². The molecule has 0 aliphatic carbocycles. The number of amides is 1. The molecule has 0 aromatic rings. The lowest BCUT2D eigenvalue weighted by Gasteiger charge is -1.89. The van der Waals surface area contributed by atoms with Crippen LogP contribution in [0.15, 0.2) is 25.3 Å². The molecule has 0 aliphatic rings. The zero-order valence-corrected chi connectivity index (χ0v) is 8.17. The van der Waals surface area contributed by atoms with Crippen molar-refractivity contribution < 1.29 is 9.53 Å². The summed E-state index contributed by atoms with van der Waals surface area (Å²) in [6.45, 7) is 12.6. The van der Waals surface area contributed by atoms with Gasteiger partial charge in [0.1, 0.15) is 0 Å². The van der Waals surface area contributed by atoms with Crippen LogP contribution in [0.25, 0.3) is 0 Å². The van der Waals surface area contributed by atoms with Crippen LogP contribution >= 0.6 is 0 Å². The van der Waals surface area contributed by atoms with Crippen LogP contribution in [-0.2, 0) is 4.74 Å². The highest BCUT2D eigenvalue weighted by molar-refractivity contribution is 5.64. The van der Waals surface area contributed by atoms with E-state index in [4.69, 9.17) is 0 Å². The molecule has 0 bridgehead atoms. The molecule has 3 nitrogen and oxygen atoms in total. The van der Waals surface area contributed by atoms with E-state index in [1.54, 1.807) is 19.1 Å². The summed E-state index contributed by atoms with van der Waals surface area (Å²) in [4.78, 5) is 9.60. The van der Waals surface area contributed by atoms with Gasteiger partial charge in [0.2, 0.25) is 0 Å². The largest absolute Gasteiger partial charge is 0.450 e. The van der Waals surface area contributed by atoms with E-state index in [9.17, 15) is 4.79 Å². The Bertz CT molecular complexity index is 105. The maximum absolute atomic E-state index is 9.60. The van der Waals surface area contributed by atoms with Crippen molar-refractivity contribution in [1.29, 1.82) is 0 Å². The van der Waals surface area contributed by atoms with Crippen LogP contribution in [0.5, 0.6) is 0 Å². The first kappa shape index (κ1) is 17.0. The SMILES string of the molecule is C=CC.C=CC.CCOC(N)=O. The van der Waals surface area contributed by atoms with Gasteiger partial charge in [-0.05, 0) is 20.8 Å². The highest BCUT2D eigenvalue weighted by Crippen LogP contribution is 1.66. The predicted octanol–water partition coefficient (Wildman–Crippen LogP) is 2.49. The minimum Gasteiger partial charge on any atom is -0.450 e. The molecule has 2 N–H and O–H groups in total. The van der Waals surface area contributed by atoms with E-state index >= 15 is 0 Å². The van der Waals surface area contributed by atoms with E-state index in [-0.39, 0.29) is 0 Å². The summed E-state index contributed by atoms with van der Waals surface area (Å²) in [5.74, 6) is 0. The summed E-state index contributed by atoms with van der Waals surface area (Å²) in [6.07, 6.45) is 2.79. The number of nitrogens with two attached hydrogens (primary N) is 1. The number of primary amides is 1. The number of hydrogen-bond donors (Lipinski definition) is 1. The number of rotatable bonds is 1. The molecule has 3 heteroatoms. The van der Waals surface area contributed by atoms with Crippen LogP contribution in [0, 0.1) is 0 Å². The second-order valence-corrected chi connectivity index (χ2v) is 1.57. The lowest BCUT2D eigenvalue weighted by atomic mass is 10.8. The topological polar surface area (TPSA) is 52.3 Å². The van der Waals surface area contributed by atoms with Gasteiger partial charge in [0.25, 0.3) is 0 Å². The molecular weight excluding hydrogens is 154 g/mol. The van der Waals surface area contributed by atoms with Gasteiger partial charge in [-0.15, -0.1) is 13.2 Å². The summed E-state index contributed by atoms with van der Waals surface area (Å²) >= 11 is 0. The number of ether oxygens (including phenoxy) is 1. The minimum absolute atomic E-state index is 0.356. The fraction of sp³-hybridized carbons (Fsp3) is 0.444. The van der Waals surface area contributed by atoms with Crippen LogP contribution in [0.4, 0.5) is 4.79 Å². The fourth-order valence-electron chi connectivity index (χ4n) is 0.142. The highest BCUT2D eigenvalue weighted by Gasteiger charge is 1.82. The van der Waals surface area contributed by atoms with E-state index in [1.807, 2.05) is 13.8 Å².